The molecule has 16 nitrogen and oxygen atoms in total. The fourth-order valence-electron chi connectivity index (χ4n) is 11.2. The van der Waals surface area contributed by atoms with Crippen LogP contribution in [0, 0.1) is 36.4 Å². The summed E-state index contributed by atoms with van der Waals surface area (Å²) < 4.78 is 32.4. The van der Waals surface area contributed by atoms with E-state index in [0.29, 0.717) is 63.5 Å². The number of carbonyl (C=O) groups excluding carboxylic acids is 4. The lowest BCUT2D eigenvalue weighted by Crippen LogP contribution is -2.47. The minimum atomic E-state index is -1.87. The number of anilines is 2. The van der Waals surface area contributed by atoms with E-state index in [4.69, 9.17) is 19.2 Å². The number of halogens is 1. The van der Waals surface area contributed by atoms with Gasteiger partial charge in [0, 0.05) is 100 Å². The van der Waals surface area contributed by atoms with E-state index < -0.39 is 53.0 Å². The number of nitrogens with one attached hydrogen (secondary N) is 1. The number of aromatic hydroxyl groups is 2. The summed E-state index contributed by atoms with van der Waals surface area (Å²) in [5, 5.41) is 39.7. The van der Waals surface area contributed by atoms with E-state index in [1.54, 1.807) is 43.0 Å². The number of phenols is 2. The average Bonchev–Trinajstić information content (AvgIpc) is 3.72. The Hall–Kier alpha value is -5.91. The molecule has 394 valence electrons. The molecule has 0 saturated carbocycles. The van der Waals surface area contributed by atoms with Crippen LogP contribution >= 0.6 is 0 Å². The van der Waals surface area contributed by atoms with Gasteiger partial charge in [0.05, 0.1) is 35.8 Å². The van der Waals surface area contributed by atoms with Crippen molar-refractivity contribution in [1.82, 2.24) is 9.80 Å². The summed E-state index contributed by atoms with van der Waals surface area (Å²) in [7, 11) is 0. The van der Waals surface area contributed by atoms with Gasteiger partial charge in [0.25, 0.3) is 11.7 Å². The first-order valence-electron chi connectivity index (χ1n) is 26.2. The number of rotatable bonds is 7. The topological polar surface area (TPSA) is 203 Å². The zero-order valence-corrected chi connectivity index (χ0v) is 43.6. The van der Waals surface area contributed by atoms with Crippen LogP contribution in [0.5, 0.6) is 17.2 Å². The summed E-state index contributed by atoms with van der Waals surface area (Å²) in [6, 6.07) is 6.30. The van der Waals surface area contributed by atoms with Gasteiger partial charge in [-0.3, -0.25) is 24.2 Å². The molecule has 0 aromatic heterocycles. The van der Waals surface area contributed by atoms with E-state index in [-0.39, 0.29) is 106 Å². The maximum atomic E-state index is 14.9. The molecule has 5 bridgehead atoms. The Morgan fingerprint density at radius 3 is 2.38 bits per heavy atom. The number of piperidine rings is 1. The Morgan fingerprint density at radius 2 is 1.67 bits per heavy atom. The summed E-state index contributed by atoms with van der Waals surface area (Å²) in [5.74, 6) is -5.24. The number of ketones is 1. The molecule has 9 rings (SSSR count). The second kappa shape index (κ2) is 21.9. The number of aliphatic hydroxyl groups excluding tert-OH is 1. The maximum absolute atomic E-state index is 14.9. The average molecular weight is 1010 g/mol. The van der Waals surface area contributed by atoms with Crippen molar-refractivity contribution in [2.75, 3.05) is 62.6 Å². The second-order valence-corrected chi connectivity index (χ2v) is 21.6. The van der Waals surface area contributed by atoms with Crippen molar-refractivity contribution in [3.63, 3.8) is 0 Å². The number of nitrogens with zero attached hydrogens (tertiary/aromatic N) is 5. The molecule has 6 aliphatic rings. The monoisotopic (exact) mass is 1010 g/mol. The smallest absolute Gasteiger partial charge is 0.306 e. The highest BCUT2D eigenvalue weighted by molar-refractivity contribution is 6.21. The largest absolute Gasteiger partial charge is 0.507 e. The van der Waals surface area contributed by atoms with Crippen molar-refractivity contribution in [2.45, 2.75) is 130 Å². The molecule has 6 aliphatic heterocycles. The number of ether oxygens (including phenoxy) is 3. The SMILES string of the molecule is C/C1=C/C=C/C(C)C[C@@H](C)C(O)[C@@H](C)C(OC(=O)CCC(=O)N2CCCN(c3ccc(F)cc3)CC2)CCCOC2(C)Oc3c(C)c(O)c4c(O)c(c5c(c4c3C2=O)NC2(CCN(CC(C)C)CC2)N=5)=NC1=O. The normalized spacial score (nSPS) is 27.3. The van der Waals surface area contributed by atoms with Crippen LogP contribution in [0.15, 0.2) is 58.1 Å². The Morgan fingerprint density at radius 1 is 0.945 bits per heavy atom. The quantitative estimate of drug-likeness (QED) is 0.139. The Balaban J connectivity index is 1.06. The molecule has 4 unspecified atom stereocenters. The molecular formula is C56H73FN6O10. The van der Waals surface area contributed by atoms with Crippen molar-refractivity contribution in [3.8, 4) is 17.2 Å². The summed E-state index contributed by atoms with van der Waals surface area (Å²) in [6.45, 7) is 19.4. The highest BCUT2D eigenvalue weighted by Crippen LogP contribution is 2.51. The van der Waals surface area contributed by atoms with E-state index in [1.807, 2.05) is 26.8 Å². The predicted octanol–water partition coefficient (Wildman–Crippen LogP) is 7.03. The molecule has 3 aromatic rings. The van der Waals surface area contributed by atoms with E-state index in [1.165, 1.54) is 19.1 Å². The fourth-order valence-corrected chi connectivity index (χ4v) is 11.2. The van der Waals surface area contributed by atoms with Gasteiger partial charge in [-0.1, -0.05) is 52.8 Å². The molecule has 2 fully saturated rings. The molecule has 3 aromatic carbocycles. The third-order valence-corrected chi connectivity index (χ3v) is 15.4. The maximum Gasteiger partial charge on any atom is 0.306 e. The number of benzene rings is 3. The minimum absolute atomic E-state index is 0.0275. The number of hydrogen-bond donors (Lipinski definition) is 4. The first-order chi connectivity index (χ1) is 34.7. The lowest BCUT2D eigenvalue weighted by molar-refractivity contribution is -0.158. The molecule has 4 N–H and O–H groups in total. The minimum Gasteiger partial charge on any atom is -0.507 e. The van der Waals surface area contributed by atoms with Crippen LogP contribution in [0.3, 0.4) is 0 Å². The lowest BCUT2D eigenvalue weighted by atomic mass is 9.83. The number of aliphatic hydroxyl groups is 1. The van der Waals surface area contributed by atoms with Gasteiger partial charge in [0.15, 0.2) is 5.75 Å². The number of hydrogen-bond acceptors (Lipinski definition) is 14. The van der Waals surface area contributed by atoms with Gasteiger partial charge in [-0.2, -0.15) is 0 Å². The van der Waals surface area contributed by atoms with Crippen molar-refractivity contribution < 1.29 is 53.1 Å². The molecule has 17 heteroatoms. The van der Waals surface area contributed by atoms with Gasteiger partial charge in [-0.05, 0) is 81.5 Å². The molecule has 1 spiro atoms. The third kappa shape index (κ3) is 11.3. The number of likely N-dealkylation sites (tertiary alicyclic amines) is 1. The van der Waals surface area contributed by atoms with E-state index in [0.717, 1.165) is 25.3 Å². The van der Waals surface area contributed by atoms with Crippen LogP contribution in [0.4, 0.5) is 15.8 Å². The number of amides is 2. The van der Waals surface area contributed by atoms with Crippen molar-refractivity contribution in [2.24, 2.45) is 33.7 Å². The van der Waals surface area contributed by atoms with E-state index in [2.05, 4.69) is 34.0 Å². The standard InChI is InChI=1S/C56H73FN6O10/c1-32(2)31-61-25-21-56(22-26-61)59-46-43-44-50(67)37(7)52-45(43)53(69)55(8,73-52)71-29-10-14-40(72-42(65)20-19-41(64)63-24-11-23-62(27-28-63)39-17-15-38(57)16-18-39)36(6)49(66)35(5)30-33(3)12-9-13-34(4)54(70)58-48(51(44)68)47(46)60-56/h9,12-13,15-18,32-33,35-36,40,49,59,66-68H,10-11,14,19-31H2,1-8H3/b12-9+,34-13-,58-48?/t33?,35-,36+,40?,49?,55?/m1/s1. The van der Waals surface area contributed by atoms with E-state index >= 15 is 0 Å². The second-order valence-electron chi connectivity index (χ2n) is 21.6. The molecule has 6 atom stereocenters. The van der Waals surface area contributed by atoms with Gasteiger partial charge >= 0.3 is 5.97 Å². The predicted molar refractivity (Wildman–Crippen MR) is 275 cm³/mol. The number of fused-ring (bicyclic) bond motifs is 13. The van der Waals surface area contributed by atoms with Gasteiger partial charge < -0.3 is 49.5 Å². The molecular weight excluding hydrogens is 936 g/mol. The lowest BCUT2D eigenvalue weighted by Gasteiger charge is -2.38. The summed E-state index contributed by atoms with van der Waals surface area (Å²) >= 11 is 0. The molecule has 2 saturated heterocycles. The Labute approximate surface area is 427 Å². The van der Waals surface area contributed by atoms with Crippen LogP contribution in [-0.4, -0.2) is 125 Å². The summed E-state index contributed by atoms with van der Waals surface area (Å²) in [5.41, 5.74) is 0.932. The molecule has 73 heavy (non-hydrogen) atoms. The van der Waals surface area contributed by atoms with Crippen molar-refractivity contribution >= 4 is 45.7 Å². The van der Waals surface area contributed by atoms with Crippen LogP contribution < -0.4 is 25.7 Å². The number of carbonyl (C=O) groups is 4. The highest BCUT2D eigenvalue weighted by atomic mass is 19.1. The van der Waals surface area contributed by atoms with Crippen LogP contribution in [0.1, 0.15) is 116 Å². The molecule has 0 radical (unpaired) electrons. The third-order valence-electron chi connectivity index (χ3n) is 15.4. The zero-order valence-electron chi connectivity index (χ0n) is 43.6. The fraction of sp³-hybridized carbons (Fsp3) is 0.571. The highest BCUT2D eigenvalue weighted by Gasteiger charge is 2.50. The number of allylic oxidation sites excluding steroid dienone is 3. The Kier molecular flexibility index (Phi) is 16.0. The number of Topliss-reactive ketones (excluding diaryl/α,β-unsaturated/α-hetero) is 1. The first kappa shape index (κ1) is 53.4. The van der Waals surface area contributed by atoms with Crippen LogP contribution in [-0.2, 0) is 23.9 Å². The molecule has 2 amide bonds. The number of phenolic OH excluding ortho intramolecular Hbond substituents is 2. The van der Waals surface area contributed by atoms with Gasteiger partial charge in [-0.15, -0.1) is 0 Å². The number of esters is 1. The summed E-state index contributed by atoms with van der Waals surface area (Å²) in [6.07, 6.45) is 6.44. The van der Waals surface area contributed by atoms with Crippen molar-refractivity contribution in [3.05, 3.63) is 75.7 Å². The van der Waals surface area contributed by atoms with Gasteiger partial charge in [0.1, 0.15) is 39.8 Å². The zero-order chi connectivity index (χ0) is 52.5. The molecule has 6 heterocycles. The van der Waals surface area contributed by atoms with Gasteiger partial charge in [-0.25, -0.2) is 9.38 Å². The summed E-state index contributed by atoms with van der Waals surface area (Å²) in [4.78, 5) is 71.8. The van der Waals surface area contributed by atoms with E-state index in [9.17, 15) is 38.9 Å². The van der Waals surface area contributed by atoms with Crippen LogP contribution in [0.25, 0.3) is 10.8 Å². The van der Waals surface area contributed by atoms with Crippen molar-refractivity contribution in [1.29, 1.82) is 0 Å². The molecule has 0 aliphatic carbocycles. The first-order valence-corrected chi connectivity index (χ1v) is 26.2. The van der Waals surface area contributed by atoms with Gasteiger partial charge in [0.2, 0.25) is 11.7 Å². The van der Waals surface area contributed by atoms with Crippen LogP contribution in [0.2, 0.25) is 0 Å². The Bertz CT molecular complexity index is 2810.